The lowest BCUT2D eigenvalue weighted by Gasteiger charge is -2.13. The Balaban J connectivity index is 2.42. The Kier molecular flexibility index (Phi) is 3.92. The van der Waals surface area contributed by atoms with E-state index in [0.29, 0.717) is 10.7 Å². The maximum atomic E-state index is 5.30. The van der Waals surface area contributed by atoms with Gasteiger partial charge in [0.05, 0.1) is 9.88 Å². The summed E-state index contributed by atoms with van der Waals surface area (Å²) in [6.07, 6.45) is 1.90. The fourth-order valence-corrected chi connectivity index (χ4v) is 2.94. The molecule has 0 amide bonds. The number of thiazole rings is 1. The van der Waals surface area contributed by atoms with Gasteiger partial charge in [0, 0.05) is 18.2 Å². The molecule has 0 aromatic carbocycles. The first-order valence-electron chi connectivity index (χ1n) is 6.41. The topological polar surface area (TPSA) is 46.5 Å². The van der Waals surface area contributed by atoms with E-state index in [4.69, 9.17) is 12.2 Å². The highest BCUT2D eigenvalue weighted by atomic mass is 32.1. The van der Waals surface area contributed by atoms with Crippen LogP contribution in [0.4, 0.5) is 0 Å². The lowest BCUT2D eigenvalue weighted by Crippen LogP contribution is -2.09. The highest BCUT2D eigenvalue weighted by molar-refractivity contribution is 7.71. The minimum atomic E-state index is 0.0683. The minimum absolute atomic E-state index is 0.0683. The third kappa shape index (κ3) is 3.12. The molecule has 4 nitrogen and oxygen atoms in total. The summed E-state index contributed by atoms with van der Waals surface area (Å²) in [6, 6.07) is 0. The van der Waals surface area contributed by atoms with Crippen LogP contribution in [0.5, 0.6) is 0 Å². The molecule has 0 bridgehead atoms. The number of hydrogen-bond acceptors (Lipinski definition) is 4. The van der Waals surface area contributed by atoms with Crippen LogP contribution in [0, 0.1) is 10.7 Å². The van der Waals surface area contributed by atoms with E-state index in [1.54, 1.807) is 11.3 Å². The molecule has 6 heteroatoms. The Hall–Kier alpha value is -1.01. The lowest BCUT2D eigenvalue weighted by atomic mass is 9.98. The summed E-state index contributed by atoms with van der Waals surface area (Å²) in [5.74, 6) is 1.42. The Bertz CT molecular complexity index is 613. The molecule has 0 aliphatic heterocycles. The average Bonchev–Trinajstić information content (AvgIpc) is 2.85. The Morgan fingerprint density at radius 2 is 2.11 bits per heavy atom. The summed E-state index contributed by atoms with van der Waals surface area (Å²) < 4.78 is 2.73. The number of H-pyrrole nitrogens is 1. The molecular weight excluding hydrogens is 276 g/mol. The molecule has 0 aliphatic rings. The van der Waals surface area contributed by atoms with Gasteiger partial charge >= 0.3 is 0 Å². The van der Waals surface area contributed by atoms with Crippen molar-refractivity contribution in [1.82, 2.24) is 19.7 Å². The Labute approximate surface area is 122 Å². The van der Waals surface area contributed by atoms with Crippen molar-refractivity contribution in [3.8, 4) is 10.7 Å². The van der Waals surface area contributed by atoms with Crippen LogP contribution in [0.3, 0.4) is 0 Å². The van der Waals surface area contributed by atoms with Gasteiger partial charge in [-0.15, -0.1) is 11.3 Å². The van der Waals surface area contributed by atoms with E-state index in [1.165, 1.54) is 0 Å². The molecule has 0 fully saturated rings. The number of nitrogens with one attached hydrogen (secondary N) is 1. The van der Waals surface area contributed by atoms with Gasteiger partial charge in [0.15, 0.2) is 10.6 Å². The van der Waals surface area contributed by atoms with Gasteiger partial charge in [-0.25, -0.2) is 4.98 Å². The van der Waals surface area contributed by atoms with Crippen LogP contribution in [-0.2, 0) is 12.0 Å². The van der Waals surface area contributed by atoms with Crippen LogP contribution in [0.2, 0.25) is 0 Å². The van der Waals surface area contributed by atoms with Gasteiger partial charge in [0.1, 0.15) is 0 Å². The molecule has 2 rings (SSSR count). The first-order chi connectivity index (χ1) is 8.79. The molecular formula is C13H20N4S2. The van der Waals surface area contributed by atoms with Gasteiger partial charge in [-0.2, -0.15) is 5.10 Å². The molecule has 0 atom stereocenters. The standard InChI is InChI=1S/C13H20N4S2/c1-8(2)7-17-10(15-16-12(17)18)9-6-14-11(19-9)13(3,4)5/h6,8H,7H2,1-5H3,(H,16,18). The molecule has 0 saturated heterocycles. The maximum Gasteiger partial charge on any atom is 0.195 e. The second-order valence-electron chi connectivity index (χ2n) is 6.14. The van der Waals surface area contributed by atoms with E-state index in [9.17, 15) is 0 Å². The Morgan fingerprint density at radius 1 is 1.42 bits per heavy atom. The molecule has 2 heterocycles. The molecule has 0 unspecified atom stereocenters. The molecule has 104 valence electrons. The predicted octanol–water partition coefficient (Wildman–Crippen LogP) is 4.02. The number of rotatable bonds is 3. The quantitative estimate of drug-likeness (QED) is 0.870. The highest BCUT2D eigenvalue weighted by Gasteiger charge is 2.20. The smallest absolute Gasteiger partial charge is 0.195 e. The monoisotopic (exact) mass is 296 g/mol. The summed E-state index contributed by atoms with van der Waals surface area (Å²) in [5, 5.41) is 8.35. The van der Waals surface area contributed by atoms with Crippen LogP contribution >= 0.6 is 23.6 Å². The van der Waals surface area contributed by atoms with E-state index in [0.717, 1.165) is 22.3 Å². The van der Waals surface area contributed by atoms with Gasteiger partial charge in [-0.1, -0.05) is 34.6 Å². The molecule has 19 heavy (non-hydrogen) atoms. The molecule has 0 radical (unpaired) electrons. The zero-order valence-electron chi connectivity index (χ0n) is 12.0. The lowest BCUT2D eigenvalue weighted by molar-refractivity contribution is 0.522. The highest BCUT2D eigenvalue weighted by Crippen LogP contribution is 2.32. The van der Waals surface area contributed by atoms with Crippen molar-refractivity contribution >= 4 is 23.6 Å². The SMILES string of the molecule is CC(C)Cn1c(-c2cnc(C(C)(C)C)s2)n[nH]c1=S. The van der Waals surface area contributed by atoms with Crippen LogP contribution in [0.25, 0.3) is 10.7 Å². The fraction of sp³-hybridized carbons (Fsp3) is 0.615. The summed E-state index contributed by atoms with van der Waals surface area (Å²) >= 11 is 6.99. The summed E-state index contributed by atoms with van der Waals surface area (Å²) in [7, 11) is 0. The first-order valence-corrected chi connectivity index (χ1v) is 7.63. The van der Waals surface area contributed by atoms with Crippen molar-refractivity contribution in [1.29, 1.82) is 0 Å². The third-order valence-corrected chi connectivity index (χ3v) is 4.40. The van der Waals surface area contributed by atoms with Crippen molar-refractivity contribution in [3.63, 3.8) is 0 Å². The molecule has 0 aliphatic carbocycles. The molecule has 2 aromatic rings. The predicted molar refractivity (Wildman–Crippen MR) is 82.1 cm³/mol. The van der Waals surface area contributed by atoms with Gasteiger partial charge < -0.3 is 0 Å². The zero-order chi connectivity index (χ0) is 14.2. The van der Waals surface area contributed by atoms with Crippen LogP contribution in [-0.4, -0.2) is 19.7 Å². The van der Waals surface area contributed by atoms with Gasteiger partial charge in [0.2, 0.25) is 0 Å². The second kappa shape index (κ2) is 5.17. The largest absolute Gasteiger partial charge is 0.299 e. The summed E-state index contributed by atoms with van der Waals surface area (Å²) in [5.41, 5.74) is 0.0683. The third-order valence-electron chi connectivity index (χ3n) is 2.67. The van der Waals surface area contributed by atoms with Crippen LogP contribution in [0.15, 0.2) is 6.20 Å². The number of aromatic nitrogens is 4. The van der Waals surface area contributed by atoms with Crippen LogP contribution < -0.4 is 0 Å². The van der Waals surface area contributed by atoms with Crippen LogP contribution in [0.1, 0.15) is 39.6 Å². The molecule has 0 saturated carbocycles. The average molecular weight is 296 g/mol. The fourth-order valence-electron chi connectivity index (χ4n) is 1.76. The molecule has 1 N–H and O–H groups in total. The first kappa shape index (κ1) is 14.4. The number of nitrogens with zero attached hydrogens (tertiary/aromatic N) is 3. The summed E-state index contributed by atoms with van der Waals surface area (Å²) in [6.45, 7) is 11.7. The van der Waals surface area contributed by atoms with E-state index in [-0.39, 0.29) is 5.41 Å². The maximum absolute atomic E-state index is 5.30. The van der Waals surface area contributed by atoms with E-state index >= 15 is 0 Å². The Morgan fingerprint density at radius 3 is 2.63 bits per heavy atom. The van der Waals surface area contributed by atoms with Gasteiger partial charge in [0.25, 0.3) is 0 Å². The second-order valence-corrected chi connectivity index (χ2v) is 7.55. The number of hydrogen-bond donors (Lipinski definition) is 1. The molecule has 2 aromatic heterocycles. The van der Waals surface area contributed by atoms with Crippen molar-refractivity contribution in [2.75, 3.05) is 0 Å². The number of aromatic amines is 1. The van der Waals surface area contributed by atoms with E-state index < -0.39 is 0 Å². The zero-order valence-corrected chi connectivity index (χ0v) is 13.7. The normalized spacial score (nSPS) is 12.3. The van der Waals surface area contributed by atoms with E-state index in [1.807, 2.05) is 6.20 Å². The van der Waals surface area contributed by atoms with Crippen molar-refractivity contribution in [3.05, 3.63) is 16.0 Å². The van der Waals surface area contributed by atoms with Crippen molar-refractivity contribution in [2.24, 2.45) is 5.92 Å². The van der Waals surface area contributed by atoms with Crippen molar-refractivity contribution in [2.45, 2.75) is 46.6 Å². The van der Waals surface area contributed by atoms with Crippen molar-refractivity contribution < 1.29 is 0 Å². The van der Waals surface area contributed by atoms with Gasteiger partial charge in [-0.05, 0) is 18.1 Å². The summed E-state index contributed by atoms with van der Waals surface area (Å²) in [4.78, 5) is 5.58. The molecule has 0 spiro atoms. The van der Waals surface area contributed by atoms with E-state index in [2.05, 4.69) is 54.4 Å². The van der Waals surface area contributed by atoms with Gasteiger partial charge in [-0.3, -0.25) is 9.67 Å². The minimum Gasteiger partial charge on any atom is -0.299 e.